The molecule has 0 saturated heterocycles. The van der Waals surface area contributed by atoms with E-state index in [9.17, 15) is 4.79 Å². The number of aromatic nitrogens is 2. The quantitative estimate of drug-likeness (QED) is 0.312. The summed E-state index contributed by atoms with van der Waals surface area (Å²) in [5, 5.41) is 7.13. The highest BCUT2D eigenvalue weighted by molar-refractivity contribution is 5.96. The number of methoxy groups -OCH3 is 1. The first-order chi connectivity index (χ1) is 14.0. The van der Waals surface area contributed by atoms with Gasteiger partial charge in [0.1, 0.15) is 5.82 Å². The van der Waals surface area contributed by atoms with Crippen LogP contribution in [0.5, 0.6) is 0 Å². The zero-order valence-electron chi connectivity index (χ0n) is 16.9. The largest absolute Gasteiger partial charge is 0.383 e. The normalized spacial score (nSPS) is 19.0. The van der Waals surface area contributed by atoms with Gasteiger partial charge in [-0.05, 0) is 31.9 Å². The molecule has 9 nitrogen and oxygen atoms in total. The van der Waals surface area contributed by atoms with Crippen molar-refractivity contribution in [2.45, 2.75) is 44.7 Å². The Labute approximate surface area is 170 Å². The van der Waals surface area contributed by atoms with E-state index in [4.69, 9.17) is 16.2 Å². The highest BCUT2D eigenvalue weighted by Crippen LogP contribution is 2.28. The van der Waals surface area contributed by atoms with Crippen molar-refractivity contribution in [2.75, 3.05) is 25.6 Å². The Hall–Kier alpha value is -2.94. The Morgan fingerprint density at radius 2 is 2.07 bits per heavy atom. The number of rotatable bonds is 7. The van der Waals surface area contributed by atoms with Gasteiger partial charge < -0.3 is 26.8 Å². The number of hydrogen-bond donors (Lipinski definition) is 4. The van der Waals surface area contributed by atoms with Crippen molar-refractivity contribution in [1.82, 2.24) is 15.3 Å². The molecule has 9 heteroatoms. The van der Waals surface area contributed by atoms with Crippen molar-refractivity contribution >= 4 is 28.6 Å². The standard InChI is InChI=1S/C20H29N7O2/c1-12-7-8-14-13(11-12)17(27-18(24-14)19(28)23-9-10-29-2)25-15-5-3-4-6-16(15)26-20(21)22/h7-8,11,15-16H,3-6,9-10H2,1-2H3,(H,23,28)(H4,21,22,26)(H,24,25,27)/t15-,16+/m0/s1. The average Bonchev–Trinajstić information content (AvgIpc) is 2.69. The Morgan fingerprint density at radius 3 is 2.83 bits per heavy atom. The lowest BCUT2D eigenvalue weighted by Gasteiger charge is -2.30. The molecule has 1 saturated carbocycles. The zero-order valence-corrected chi connectivity index (χ0v) is 16.9. The number of hydrogen-bond acceptors (Lipinski definition) is 6. The Bertz CT molecular complexity index is 896. The molecule has 156 valence electrons. The minimum absolute atomic E-state index is 0.0254. The fraction of sp³-hybridized carbons (Fsp3) is 0.500. The number of benzene rings is 1. The van der Waals surface area contributed by atoms with Crippen LogP contribution in [-0.4, -0.2) is 54.2 Å². The van der Waals surface area contributed by atoms with Gasteiger partial charge >= 0.3 is 0 Å². The van der Waals surface area contributed by atoms with Crippen molar-refractivity contribution in [1.29, 1.82) is 0 Å². The van der Waals surface area contributed by atoms with Crippen LogP contribution in [0.3, 0.4) is 0 Å². The van der Waals surface area contributed by atoms with Crippen LogP contribution in [0, 0.1) is 6.92 Å². The van der Waals surface area contributed by atoms with Gasteiger partial charge in [-0.3, -0.25) is 4.79 Å². The van der Waals surface area contributed by atoms with Gasteiger partial charge in [0.15, 0.2) is 5.96 Å². The van der Waals surface area contributed by atoms with Crippen LogP contribution in [-0.2, 0) is 4.74 Å². The molecule has 0 aliphatic heterocycles. The first-order valence-electron chi connectivity index (χ1n) is 9.88. The number of anilines is 1. The molecule has 1 aliphatic carbocycles. The fourth-order valence-corrected chi connectivity index (χ4v) is 3.60. The van der Waals surface area contributed by atoms with Gasteiger partial charge in [-0.25, -0.2) is 15.0 Å². The first-order valence-corrected chi connectivity index (χ1v) is 9.88. The molecule has 2 atom stereocenters. The summed E-state index contributed by atoms with van der Waals surface area (Å²) < 4.78 is 4.98. The number of nitrogens with zero attached hydrogens (tertiary/aromatic N) is 3. The monoisotopic (exact) mass is 399 g/mol. The lowest BCUT2D eigenvalue weighted by molar-refractivity contribution is 0.0927. The minimum atomic E-state index is -0.336. The number of nitrogens with two attached hydrogens (primary N) is 2. The van der Waals surface area contributed by atoms with Crippen LogP contribution in [0.1, 0.15) is 41.9 Å². The molecular weight excluding hydrogens is 370 g/mol. The van der Waals surface area contributed by atoms with E-state index in [1.165, 1.54) is 0 Å². The van der Waals surface area contributed by atoms with Crippen molar-refractivity contribution in [3.05, 3.63) is 29.6 Å². The molecule has 1 fully saturated rings. The van der Waals surface area contributed by atoms with E-state index in [-0.39, 0.29) is 29.8 Å². The van der Waals surface area contributed by atoms with E-state index in [1.54, 1.807) is 7.11 Å². The summed E-state index contributed by atoms with van der Waals surface area (Å²) in [7, 11) is 1.58. The van der Waals surface area contributed by atoms with E-state index in [0.29, 0.717) is 24.5 Å². The molecule has 3 rings (SSSR count). The molecule has 0 spiro atoms. The van der Waals surface area contributed by atoms with Crippen LogP contribution in [0.2, 0.25) is 0 Å². The predicted octanol–water partition coefficient (Wildman–Crippen LogP) is 1.31. The predicted molar refractivity (Wildman–Crippen MR) is 114 cm³/mol. The van der Waals surface area contributed by atoms with Crippen molar-refractivity contribution in [3.8, 4) is 0 Å². The summed E-state index contributed by atoms with van der Waals surface area (Å²) in [6.45, 7) is 2.83. The maximum absolute atomic E-state index is 12.5. The summed E-state index contributed by atoms with van der Waals surface area (Å²) in [6.07, 6.45) is 3.99. The lowest BCUT2D eigenvalue weighted by atomic mass is 9.90. The topological polar surface area (TPSA) is 141 Å². The number of fused-ring (bicyclic) bond motifs is 1. The van der Waals surface area contributed by atoms with Crippen LogP contribution in [0.15, 0.2) is 23.2 Å². The Kier molecular flexibility index (Phi) is 6.82. The third-order valence-corrected chi connectivity index (χ3v) is 5.01. The Balaban J connectivity index is 1.94. The molecule has 0 unspecified atom stereocenters. The van der Waals surface area contributed by atoms with Gasteiger partial charge in [0.05, 0.1) is 24.2 Å². The number of aryl methyl sites for hydroxylation is 1. The van der Waals surface area contributed by atoms with E-state index >= 15 is 0 Å². The van der Waals surface area contributed by atoms with Crippen molar-refractivity contribution < 1.29 is 9.53 Å². The Morgan fingerprint density at radius 1 is 1.28 bits per heavy atom. The fourth-order valence-electron chi connectivity index (χ4n) is 3.60. The molecule has 1 amide bonds. The van der Waals surface area contributed by atoms with E-state index in [2.05, 4.69) is 25.6 Å². The highest BCUT2D eigenvalue weighted by atomic mass is 16.5. The average molecular weight is 399 g/mol. The second kappa shape index (κ2) is 9.51. The van der Waals surface area contributed by atoms with Crippen LogP contribution in [0.4, 0.5) is 5.82 Å². The van der Waals surface area contributed by atoms with Crippen LogP contribution >= 0.6 is 0 Å². The third kappa shape index (κ3) is 5.32. The third-order valence-electron chi connectivity index (χ3n) is 5.01. The molecule has 1 heterocycles. The molecule has 1 aromatic heterocycles. The van der Waals surface area contributed by atoms with Gasteiger partial charge in [-0.2, -0.15) is 0 Å². The second-order valence-corrected chi connectivity index (χ2v) is 7.32. The molecule has 0 radical (unpaired) electrons. The van der Waals surface area contributed by atoms with E-state index in [0.717, 1.165) is 36.6 Å². The first kappa shape index (κ1) is 20.8. The smallest absolute Gasteiger partial charge is 0.289 e. The second-order valence-electron chi connectivity index (χ2n) is 7.32. The zero-order chi connectivity index (χ0) is 20.8. The van der Waals surface area contributed by atoms with Gasteiger partial charge in [-0.1, -0.05) is 24.5 Å². The summed E-state index contributed by atoms with van der Waals surface area (Å²) in [5.41, 5.74) is 13.0. The number of carbonyl (C=O) groups excluding carboxylic acids is 1. The highest BCUT2D eigenvalue weighted by Gasteiger charge is 2.26. The van der Waals surface area contributed by atoms with Crippen molar-refractivity contribution in [2.24, 2.45) is 16.5 Å². The number of carbonyl (C=O) groups is 1. The number of amides is 1. The SMILES string of the molecule is COCCNC(=O)c1nc(N[C@H]2CCCC[C@H]2N=C(N)N)c2cc(C)ccc2n1. The van der Waals surface area contributed by atoms with Crippen LogP contribution < -0.4 is 22.1 Å². The van der Waals surface area contributed by atoms with E-state index < -0.39 is 0 Å². The summed E-state index contributed by atoms with van der Waals surface area (Å²) in [6, 6.07) is 5.89. The summed E-state index contributed by atoms with van der Waals surface area (Å²) >= 11 is 0. The maximum atomic E-state index is 12.5. The number of guanidine groups is 1. The molecule has 0 bridgehead atoms. The van der Waals surface area contributed by atoms with Crippen molar-refractivity contribution in [3.63, 3.8) is 0 Å². The lowest BCUT2D eigenvalue weighted by Crippen LogP contribution is -2.38. The molecule has 29 heavy (non-hydrogen) atoms. The molecule has 1 aromatic carbocycles. The molecule has 6 N–H and O–H groups in total. The van der Waals surface area contributed by atoms with Gasteiger partial charge in [-0.15, -0.1) is 0 Å². The number of ether oxygens (including phenoxy) is 1. The molecule has 1 aliphatic rings. The molecular formula is C20H29N7O2. The van der Waals surface area contributed by atoms with Gasteiger partial charge in [0.2, 0.25) is 5.82 Å². The number of aliphatic imine (C=N–C) groups is 1. The van der Waals surface area contributed by atoms with Gasteiger partial charge in [0.25, 0.3) is 5.91 Å². The molecule has 2 aromatic rings. The van der Waals surface area contributed by atoms with Gasteiger partial charge in [0, 0.05) is 19.0 Å². The van der Waals surface area contributed by atoms with Crippen LogP contribution in [0.25, 0.3) is 10.9 Å². The number of nitrogens with one attached hydrogen (secondary N) is 2. The van der Waals surface area contributed by atoms with E-state index in [1.807, 2.05) is 25.1 Å². The maximum Gasteiger partial charge on any atom is 0.289 e. The summed E-state index contributed by atoms with van der Waals surface area (Å²) in [4.78, 5) is 25.9. The summed E-state index contributed by atoms with van der Waals surface area (Å²) in [5.74, 6) is 0.495. The minimum Gasteiger partial charge on any atom is -0.383 e.